The number of benzene rings is 2. The van der Waals surface area contributed by atoms with Crippen LogP contribution in [-0.2, 0) is 10.8 Å². The molecule has 0 aromatic heterocycles. The molecule has 0 aliphatic rings. The molecule has 0 aliphatic heterocycles. The third-order valence-electron chi connectivity index (χ3n) is 6.14. The number of hydrogen-bond donors (Lipinski definition) is 0. The average molecular weight is 323 g/mol. The van der Waals surface area contributed by atoms with Crippen molar-refractivity contribution in [2.45, 2.75) is 71.1 Å². The van der Waals surface area contributed by atoms with Gasteiger partial charge in [0.1, 0.15) is 0 Å². The van der Waals surface area contributed by atoms with Gasteiger partial charge in [0.05, 0.1) is 0 Å². The van der Waals surface area contributed by atoms with E-state index in [1.165, 1.54) is 36.8 Å². The Labute approximate surface area is 149 Å². The molecule has 2 rings (SSSR count). The Kier molecular flexibility index (Phi) is 6.27. The maximum Gasteiger partial charge on any atom is 0.00494 e. The van der Waals surface area contributed by atoms with Gasteiger partial charge in [-0.15, -0.1) is 0 Å². The van der Waals surface area contributed by atoms with Gasteiger partial charge in [-0.2, -0.15) is 0 Å². The van der Waals surface area contributed by atoms with Gasteiger partial charge in [-0.3, -0.25) is 0 Å². The molecule has 2 aromatic carbocycles. The van der Waals surface area contributed by atoms with Crippen LogP contribution in [0.15, 0.2) is 60.7 Å². The van der Waals surface area contributed by atoms with E-state index in [1.807, 2.05) is 0 Å². The van der Waals surface area contributed by atoms with Crippen LogP contribution in [0.1, 0.15) is 71.4 Å². The summed E-state index contributed by atoms with van der Waals surface area (Å²) in [6.45, 7) is 11.9. The summed E-state index contributed by atoms with van der Waals surface area (Å²) in [5, 5.41) is 0. The first-order chi connectivity index (χ1) is 11.6. The molecule has 0 aliphatic carbocycles. The molecular formula is C24H34. The fourth-order valence-corrected chi connectivity index (χ4v) is 5.10. The van der Waals surface area contributed by atoms with Crippen LogP contribution in [0.25, 0.3) is 0 Å². The average Bonchev–Trinajstić information content (AvgIpc) is 2.63. The molecule has 0 heteroatoms. The molecule has 130 valence electrons. The molecule has 0 fully saturated rings. The lowest BCUT2D eigenvalue weighted by Gasteiger charge is -2.52. The molecule has 0 saturated heterocycles. The van der Waals surface area contributed by atoms with Crippen LogP contribution in [0.2, 0.25) is 0 Å². The van der Waals surface area contributed by atoms with Crippen molar-refractivity contribution >= 4 is 0 Å². The second kappa shape index (κ2) is 8.01. The molecule has 2 aromatic rings. The van der Waals surface area contributed by atoms with E-state index in [9.17, 15) is 0 Å². The lowest BCUT2D eigenvalue weighted by atomic mass is 9.51. The highest BCUT2D eigenvalue weighted by molar-refractivity contribution is 5.39. The first-order valence-corrected chi connectivity index (χ1v) is 9.67. The summed E-state index contributed by atoms with van der Waals surface area (Å²) >= 11 is 0. The molecule has 0 spiro atoms. The Morgan fingerprint density at radius 2 is 1.00 bits per heavy atom. The zero-order chi connectivity index (χ0) is 17.6. The van der Waals surface area contributed by atoms with E-state index in [4.69, 9.17) is 0 Å². The Hall–Kier alpha value is -1.56. The summed E-state index contributed by atoms with van der Waals surface area (Å²) in [7, 11) is 0. The monoisotopic (exact) mass is 322 g/mol. The van der Waals surface area contributed by atoms with Crippen molar-refractivity contribution in [3.8, 4) is 0 Å². The predicted molar refractivity (Wildman–Crippen MR) is 107 cm³/mol. The maximum absolute atomic E-state index is 2.39. The fourth-order valence-electron chi connectivity index (χ4n) is 5.10. The molecule has 0 bridgehead atoms. The van der Waals surface area contributed by atoms with Crippen molar-refractivity contribution < 1.29 is 0 Å². The van der Waals surface area contributed by atoms with E-state index in [2.05, 4.69) is 95.3 Å². The molecule has 1 unspecified atom stereocenters. The Morgan fingerprint density at radius 3 is 1.33 bits per heavy atom. The van der Waals surface area contributed by atoms with Crippen LogP contribution in [0.4, 0.5) is 0 Å². The van der Waals surface area contributed by atoms with Crippen LogP contribution >= 0.6 is 0 Å². The van der Waals surface area contributed by atoms with Crippen molar-refractivity contribution in [3.05, 3.63) is 71.8 Å². The minimum absolute atomic E-state index is 0.174. The Bertz CT molecular complexity index is 592. The molecule has 0 radical (unpaired) electrons. The lowest BCUT2D eigenvalue weighted by Crippen LogP contribution is -2.49. The van der Waals surface area contributed by atoms with E-state index in [0.29, 0.717) is 5.92 Å². The second-order valence-electron chi connectivity index (χ2n) is 7.55. The number of hydrogen-bond acceptors (Lipinski definition) is 0. The zero-order valence-electron chi connectivity index (χ0n) is 16.2. The topological polar surface area (TPSA) is 0 Å². The molecule has 0 saturated carbocycles. The van der Waals surface area contributed by atoms with Gasteiger partial charge in [0, 0.05) is 10.8 Å². The van der Waals surface area contributed by atoms with Gasteiger partial charge in [0.25, 0.3) is 0 Å². The van der Waals surface area contributed by atoms with Crippen molar-refractivity contribution in [2.24, 2.45) is 5.92 Å². The highest BCUT2D eigenvalue weighted by Crippen LogP contribution is 2.54. The standard InChI is InChI=1S/C24H34/c1-6-23(7-2,21-15-11-9-12-16-21)24(8-3,19-20(4)5)22-17-13-10-14-18-22/h9-18,20H,6-8,19H2,1-5H3. The van der Waals surface area contributed by atoms with Gasteiger partial charge in [-0.1, -0.05) is 95.3 Å². The van der Waals surface area contributed by atoms with Crippen molar-refractivity contribution in [2.75, 3.05) is 0 Å². The molecular weight excluding hydrogens is 288 g/mol. The first kappa shape index (κ1) is 18.8. The minimum Gasteiger partial charge on any atom is -0.0645 e. The molecule has 0 amide bonds. The van der Waals surface area contributed by atoms with Crippen LogP contribution in [0.5, 0.6) is 0 Å². The molecule has 0 nitrogen and oxygen atoms in total. The van der Waals surface area contributed by atoms with E-state index in [0.717, 1.165) is 0 Å². The molecule has 0 N–H and O–H groups in total. The van der Waals surface area contributed by atoms with Gasteiger partial charge in [-0.05, 0) is 42.7 Å². The quantitative estimate of drug-likeness (QED) is 0.484. The summed E-state index contributed by atoms with van der Waals surface area (Å²) in [4.78, 5) is 0. The SMILES string of the molecule is CCC(CC)(c1ccccc1)C(CC)(CC(C)C)c1ccccc1. The third kappa shape index (κ3) is 3.16. The van der Waals surface area contributed by atoms with Gasteiger partial charge in [0.15, 0.2) is 0 Å². The normalized spacial score (nSPS) is 14.6. The van der Waals surface area contributed by atoms with E-state index in [-0.39, 0.29) is 10.8 Å². The summed E-state index contributed by atoms with van der Waals surface area (Å²) in [6.07, 6.45) is 4.74. The molecule has 24 heavy (non-hydrogen) atoms. The summed E-state index contributed by atoms with van der Waals surface area (Å²) < 4.78 is 0. The van der Waals surface area contributed by atoms with Crippen molar-refractivity contribution in [3.63, 3.8) is 0 Å². The van der Waals surface area contributed by atoms with E-state index < -0.39 is 0 Å². The van der Waals surface area contributed by atoms with Crippen molar-refractivity contribution in [1.82, 2.24) is 0 Å². The smallest absolute Gasteiger partial charge is 0.00494 e. The summed E-state index contributed by atoms with van der Waals surface area (Å²) in [5.41, 5.74) is 3.36. The van der Waals surface area contributed by atoms with Crippen LogP contribution in [0.3, 0.4) is 0 Å². The molecule has 0 heterocycles. The minimum atomic E-state index is 0.174. The van der Waals surface area contributed by atoms with Crippen LogP contribution in [-0.4, -0.2) is 0 Å². The van der Waals surface area contributed by atoms with Gasteiger partial charge < -0.3 is 0 Å². The number of rotatable bonds is 8. The van der Waals surface area contributed by atoms with Crippen LogP contribution < -0.4 is 0 Å². The third-order valence-corrected chi connectivity index (χ3v) is 6.14. The zero-order valence-corrected chi connectivity index (χ0v) is 16.2. The highest BCUT2D eigenvalue weighted by Gasteiger charge is 2.49. The Balaban J connectivity index is 2.75. The summed E-state index contributed by atoms with van der Waals surface area (Å²) in [6, 6.07) is 22.5. The van der Waals surface area contributed by atoms with E-state index >= 15 is 0 Å². The van der Waals surface area contributed by atoms with Gasteiger partial charge in [-0.25, -0.2) is 0 Å². The largest absolute Gasteiger partial charge is 0.0645 e. The fraction of sp³-hybridized carbons (Fsp3) is 0.500. The van der Waals surface area contributed by atoms with Gasteiger partial charge in [0.2, 0.25) is 0 Å². The van der Waals surface area contributed by atoms with Gasteiger partial charge >= 0.3 is 0 Å². The van der Waals surface area contributed by atoms with Crippen molar-refractivity contribution in [1.29, 1.82) is 0 Å². The van der Waals surface area contributed by atoms with E-state index in [1.54, 1.807) is 0 Å². The highest BCUT2D eigenvalue weighted by atomic mass is 14.5. The maximum atomic E-state index is 2.39. The summed E-state index contributed by atoms with van der Waals surface area (Å²) in [5.74, 6) is 0.673. The Morgan fingerprint density at radius 1 is 0.625 bits per heavy atom. The second-order valence-corrected chi connectivity index (χ2v) is 7.55. The lowest BCUT2D eigenvalue weighted by molar-refractivity contribution is 0.152. The predicted octanol–water partition coefficient (Wildman–Crippen LogP) is 7.14. The van der Waals surface area contributed by atoms with Crippen LogP contribution in [0, 0.1) is 5.92 Å². The first-order valence-electron chi connectivity index (χ1n) is 9.67. The molecule has 1 atom stereocenters.